The van der Waals surface area contributed by atoms with Crippen LogP contribution in [0.5, 0.6) is 5.75 Å². The van der Waals surface area contributed by atoms with Gasteiger partial charge in [0.2, 0.25) is 0 Å². The van der Waals surface area contributed by atoms with Crippen molar-refractivity contribution < 1.29 is 29.3 Å². The molecule has 0 fully saturated rings. The first-order chi connectivity index (χ1) is 6.84. The molecule has 0 unspecified atom stereocenters. The van der Waals surface area contributed by atoms with E-state index in [4.69, 9.17) is 30.6 Å². The lowest BCUT2D eigenvalue weighted by atomic mass is 10.3. The van der Waals surface area contributed by atoms with Gasteiger partial charge in [0.25, 0.3) is 0 Å². The van der Waals surface area contributed by atoms with Crippen molar-refractivity contribution in [2.45, 2.75) is 0 Å². The van der Waals surface area contributed by atoms with Gasteiger partial charge in [0.15, 0.2) is 0 Å². The van der Waals surface area contributed by atoms with Crippen LogP contribution in [0.15, 0.2) is 18.2 Å². The molecule has 0 aliphatic carbocycles. The lowest BCUT2D eigenvalue weighted by Crippen LogP contribution is -2.09. The van der Waals surface area contributed by atoms with E-state index in [1.54, 1.807) is 0 Å². The van der Waals surface area contributed by atoms with E-state index in [1.165, 1.54) is 12.1 Å². The molecule has 1 rings (SSSR count). The summed E-state index contributed by atoms with van der Waals surface area (Å²) in [5.41, 5.74) is 5.15. The van der Waals surface area contributed by atoms with Gasteiger partial charge in [0, 0.05) is 6.07 Å². The van der Waals surface area contributed by atoms with Crippen LogP contribution in [0.1, 0.15) is 0 Å². The molecule has 15 heavy (non-hydrogen) atoms. The second-order valence-corrected chi connectivity index (χ2v) is 2.32. The monoisotopic (exact) mass is 217 g/mol. The number of halogens is 1. The highest BCUT2D eigenvalue weighted by atomic mass is 19.1. The summed E-state index contributed by atoms with van der Waals surface area (Å²) < 4.78 is 12.3. The van der Waals surface area contributed by atoms with E-state index in [0.717, 1.165) is 6.07 Å². The zero-order valence-corrected chi connectivity index (χ0v) is 7.35. The molecule has 7 heteroatoms. The van der Waals surface area contributed by atoms with Gasteiger partial charge in [-0.15, -0.1) is 0 Å². The van der Waals surface area contributed by atoms with Crippen LogP contribution in [0.25, 0.3) is 0 Å². The van der Waals surface area contributed by atoms with Crippen LogP contribution in [0.2, 0.25) is 0 Å². The number of nitrogen functional groups attached to an aromatic ring is 1. The topological polar surface area (TPSA) is 121 Å². The molecule has 0 heterocycles. The smallest absolute Gasteiger partial charge is 0.414 e. The first-order valence-electron chi connectivity index (χ1n) is 3.54. The predicted octanol–water partition coefficient (Wildman–Crippen LogP) is 0.269. The third-order valence-corrected chi connectivity index (χ3v) is 1.17. The molecule has 0 saturated carbocycles. The number of phenols is 1. The van der Waals surface area contributed by atoms with Crippen molar-refractivity contribution in [1.82, 2.24) is 0 Å². The molecule has 0 spiro atoms. The molecule has 0 aromatic heterocycles. The van der Waals surface area contributed by atoms with Crippen LogP contribution in [0.4, 0.5) is 10.1 Å². The van der Waals surface area contributed by atoms with E-state index in [2.05, 4.69) is 0 Å². The van der Waals surface area contributed by atoms with Crippen molar-refractivity contribution >= 4 is 17.6 Å². The molecule has 0 amide bonds. The van der Waals surface area contributed by atoms with Gasteiger partial charge in [0.1, 0.15) is 11.6 Å². The zero-order chi connectivity index (χ0) is 12.0. The highest BCUT2D eigenvalue weighted by Crippen LogP contribution is 2.15. The van der Waals surface area contributed by atoms with E-state index in [-0.39, 0.29) is 11.4 Å². The minimum absolute atomic E-state index is 0.0489. The standard InChI is InChI=1S/C6H6FNO.C2H2O4/c7-5-3-4(9)1-2-6(5)8;3-1(4)2(5)6/h1-3,9H,8H2;(H,3,4)(H,5,6). The Labute approximate surface area is 83.4 Å². The molecule has 6 nitrogen and oxygen atoms in total. The van der Waals surface area contributed by atoms with Crippen molar-refractivity contribution in [2.75, 3.05) is 5.73 Å². The fraction of sp³-hybridized carbons (Fsp3) is 0. The molecule has 0 radical (unpaired) electrons. The predicted molar refractivity (Wildman–Crippen MR) is 47.7 cm³/mol. The van der Waals surface area contributed by atoms with Crippen LogP contribution < -0.4 is 5.73 Å². The quantitative estimate of drug-likeness (QED) is 0.281. The van der Waals surface area contributed by atoms with Gasteiger partial charge in [-0.25, -0.2) is 14.0 Å². The molecule has 5 N–H and O–H groups in total. The molecule has 0 aliphatic rings. The number of anilines is 1. The van der Waals surface area contributed by atoms with Gasteiger partial charge >= 0.3 is 11.9 Å². The number of carboxylic acids is 2. The molecule has 1 aromatic carbocycles. The Kier molecular flexibility index (Phi) is 4.59. The van der Waals surface area contributed by atoms with Gasteiger partial charge in [0.05, 0.1) is 5.69 Å². The number of carboxylic acid groups (broad SMARTS) is 2. The van der Waals surface area contributed by atoms with Crippen LogP contribution in [0, 0.1) is 5.82 Å². The summed E-state index contributed by atoms with van der Waals surface area (Å²) in [7, 11) is 0. The maximum absolute atomic E-state index is 12.3. The number of hydrogen-bond acceptors (Lipinski definition) is 4. The molecule has 1 aromatic rings. The highest BCUT2D eigenvalue weighted by Gasteiger charge is 2.04. The first-order valence-corrected chi connectivity index (χ1v) is 3.54. The van der Waals surface area contributed by atoms with Gasteiger partial charge in [-0.2, -0.15) is 0 Å². The van der Waals surface area contributed by atoms with Crippen molar-refractivity contribution in [3.05, 3.63) is 24.0 Å². The molecular weight excluding hydrogens is 209 g/mol. The minimum atomic E-state index is -1.82. The third kappa shape index (κ3) is 5.09. The van der Waals surface area contributed by atoms with Crippen molar-refractivity contribution in [1.29, 1.82) is 0 Å². The van der Waals surface area contributed by atoms with Gasteiger partial charge in [-0.05, 0) is 12.1 Å². The number of carbonyl (C=O) groups is 2. The summed E-state index contributed by atoms with van der Waals surface area (Å²) in [5, 5.41) is 23.4. The maximum atomic E-state index is 12.3. The van der Waals surface area contributed by atoms with E-state index < -0.39 is 17.8 Å². The van der Waals surface area contributed by atoms with Gasteiger partial charge < -0.3 is 21.1 Å². The van der Waals surface area contributed by atoms with Crippen LogP contribution in [0.3, 0.4) is 0 Å². The van der Waals surface area contributed by atoms with Gasteiger partial charge in [-0.1, -0.05) is 0 Å². The Morgan fingerprint density at radius 3 is 1.93 bits per heavy atom. The Balaban J connectivity index is 0.000000288. The summed E-state index contributed by atoms with van der Waals surface area (Å²) >= 11 is 0. The number of benzene rings is 1. The van der Waals surface area contributed by atoms with E-state index >= 15 is 0 Å². The molecule has 0 aliphatic heterocycles. The fourth-order valence-corrected chi connectivity index (χ4v) is 0.516. The van der Waals surface area contributed by atoms with Gasteiger partial charge in [-0.3, -0.25) is 0 Å². The van der Waals surface area contributed by atoms with Crippen molar-refractivity contribution in [3.63, 3.8) is 0 Å². The van der Waals surface area contributed by atoms with Crippen LogP contribution in [-0.4, -0.2) is 27.3 Å². The Morgan fingerprint density at radius 2 is 1.67 bits per heavy atom. The molecule has 0 bridgehead atoms. The fourth-order valence-electron chi connectivity index (χ4n) is 0.516. The molecule has 82 valence electrons. The third-order valence-electron chi connectivity index (χ3n) is 1.17. The SMILES string of the molecule is Nc1ccc(O)cc1F.O=C(O)C(=O)O. The summed E-state index contributed by atoms with van der Waals surface area (Å²) in [6.07, 6.45) is 0. The minimum Gasteiger partial charge on any atom is -0.508 e. The first kappa shape index (κ1) is 12.7. The van der Waals surface area contributed by atoms with Crippen molar-refractivity contribution in [3.8, 4) is 5.75 Å². The molecule has 0 saturated heterocycles. The summed E-state index contributed by atoms with van der Waals surface area (Å²) in [5.74, 6) is -4.35. The Morgan fingerprint density at radius 1 is 1.20 bits per heavy atom. The Bertz CT molecular complexity index is 367. The number of aliphatic carboxylic acids is 2. The lowest BCUT2D eigenvalue weighted by molar-refractivity contribution is -0.159. The van der Waals surface area contributed by atoms with E-state index in [1.807, 2.05) is 0 Å². The van der Waals surface area contributed by atoms with Crippen molar-refractivity contribution in [2.24, 2.45) is 0 Å². The number of aromatic hydroxyl groups is 1. The number of hydrogen-bond donors (Lipinski definition) is 4. The zero-order valence-electron chi connectivity index (χ0n) is 7.35. The second-order valence-electron chi connectivity index (χ2n) is 2.32. The normalized spacial score (nSPS) is 8.60. The lowest BCUT2D eigenvalue weighted by Gasteiger charge is -1.94. The average Bonchev–Trinajstić information content (AvgIpc) is 2.13. The summed E-state index contributed by atoms with van der Waals surface area (Å²) in [6, 6.07) is 3.61. The molecule has 0 atom stereocenters. The van der Waals surface area contributed by atoms with Crippen LogP contribution >= 0.6 is 0 Å². The molecular formula is C8H8FNO5. The highest BCUT2D eigenvalue weighted by molar-refractivity contribution is 6.27. The Hall–Kier alpha value is -2.31. The summed E-state index contributed by atoms with van der Waals surface area (Å²) in [4.78, 5) is 18.2. The second kappa shape index (κ2) is 5.43. The maximum Gasteiger partial charge on any atom is 0.414 e. The summed E-state index contributed by atoms with van der Waals surface area (Å²) in [6.45, 7) is 0. The average molecular weight is 217 g/mol. The number of rotatable bonds is 0. The number of phenolic OH excluding ortho intramolecular Hbond substituents is 1. The van der Waals surface area contributed by atoms with E-state index in [9.17, 15) is 4.39 Å². The van der Waals surface area contributed by atoms with Crippen LogP contribution in [-0.2, 0) is 9.59 Å². The number of nitrogens with two attached hydrogens (primary N) is 1. The van der Waals surface area contributed by atoms with E-state index in [0.29, 0.717) is 0 Å². The largest absolute Gasteiger partial charge is 0.508 e.